The summed E-state index contributed by atoms with van der Waals surface area (Å²) in [5.41, 5.74) is 4.11. The number of carbonyl (C=O) groups excluding carboxylic acids is 2. The number of hydrogen-bond donors (Lipinski definition) is 0. The molecule has 1 unspecified atom stereocenters. The molecule has 3 aromatic rings. The van der Waals surface area contributed by atoms with Crippen LogP contribution in [0, 0.1) is 5.82 Å². The molecule has 0 bridgehead atoms. The van der Waals surface area contributed by atoms with E-state index in [1.165, 1.54) is 18.7 Å². The highest BCUT2D eigenvalue weighted by Crippen LogP contribution is 2.43. The zero-order valence-electron chi connectivity index (χ0n) is 20.1. The lowest BCUT2D eigenvalue weighted by Crippen LogP contribution is -2.37. The molecule has 184 valence electrons. The average Bonchev–Trinajstić information content (AvgIpc) is 3.29. The minimum Gasteiger partial charge on any atom is -0.493 e. The van der Waals surface area contributed by atoms with Gasteiger partial charge < -0.3 is 14.2 Å². The lowest BCUT2D eigenvalue weighted by atomic mass is 9.84. The van der Waals surface area contributed by atoms with E-state index in [0.29, 0.717) is 28.3 Å². The van der Waals surface area contributed by atoms with Gasteiger partial charge in [-0.05, 0) is 47.9 Å². The van der Waals surface area contributed by atoms with Gasteiger partial charge in [-0.1, -0.05) is 43.3 Å². The Morgan fingerprint density at radius 2 is 1.81 bits per heavy atom. The summed E-state index contributed by atoms with van der Waals surface area (Å²) < 4.78 is 30.7. The van der Waals surface area contributed by atoms with Crippen molar-refractivity contribution in [3.63, 3.8) is 0 Å². The van der Waals surface area contributed by atoms with Crippen LogP contribution in [0.1, 0.15) is 36.0 Å². The first-order valence-corrected chi connectivity index (χ1v) is 11.9. The third kappa shape index (κ3) is 4.33. The monoisotopic (exact) mass is 487 g/mol. The molecule has 7 heteroatoms. The van der Waals surface area contributed by atoms with Gasteiger partial charge in [0.1, 0.15) is 19.0 Å². The van der Waals surface area contributed by atoms with Crippen LogP contribution in [0.4, 0.5) is 10.1 Å². The molecule has 0 N–H and O–H groups in total. The number of esters is 1. The molecule has 3 aromatic carbocycles. The van der Waals surface area contributed by atoms with Crippen LogP contribution < -0.4 is 14.4 Å². The Kier molecular flexibility index (Phi) is 6.46. The van der Waals surface area contributed by atoms with Gasteiger partial charge in [0.25, 0.3) is 0 Å². The van der Waals surface area contributed by atoms with Crippen molar-refractivity contribution in [2.75, 3.05) is 18.6 Å². The maximum Gasteiger partial charge on any atom is 0.336 e. The van der Waals surface area contributed by atoms with Gasteiger partial charge >= 0.3 is 5.97 Å². The van der Waals surface area contributed by atoms with Crippen LogP contribution in [0.25, 0.3) is 0 Å². The number of ether oxygens (including phenoxy) is 3. The average molecular weight is 488 g/mol. The first-order valence-electron chi connectivity index (χ1n) is 11.9. The van der Waals surface area contributed by atoms with Gasteiger partial charge in [0.2, 0.25) is 5.91 Å². The zero-order chi connectivity index (χ0) is 25.2. The molecule has 1 amide bonds. The van der Waals surface area contributed by atoms with Crippen molar-refractivity contribution < 1.29 is 28.2 Å². The Morgan fingerprint density at radius 1 is 1.03 bits per heavy atom. The number of cyclic esters (lactones) is 1. The van der Waals surface area contributed by atoms with Crippen molar-refractivity contribution in [2.24, 2.45) is 0 Å². The number of halogens is 1. The Bertz CT molecular complexity index is 1350. The van der Waals surface area contributed by atoms with Crippen LogP contribution in [0.3, 0.4) is 0 Å². The van der Waals surface area contributed by atoms with Crippen LogP contribution in [-0.4, -0.2) is 25.6 Å². The highest BCUT2D eigenvalue weighted by molar-refractivity contribution is 6.06. The lowest BCUT2D eigenvalue weighted by molar-refractivity contribution is -0.136. The van der Waals surface area contributed by atoms with Gasteiger partial charge in [0.05, 0.1) is 18.4 Å². The number of carbonyl (C=O) groups is 2. The van der Waals surface area contributed by atoms with E-state index in [-0.39, 0.29) is 31.4 Å². The van der Waals surface area contributed by atoms with Gasteiger partial charge in [-0.2, -0.15) is 0 Å². The molecule has 0 radical (unpaired) electrons. The van der Waals surface area contributed by atoms with Crippen LogP contribution in [0.15, 0.2) is 78.0 Å². The minimum atomic E-state index is -0.469. The smallest absolute Gasteiger partial charge is 0.336 e. The quantitative estimate of drug-likeness (QED) is 0.423. The molecule has 6 nitrogen and oxygen atoms in total. The maximum atomic E-state index is 14.0. The van der Waals surface area contributed by atoms with Crippen molar-refractivity contribution >= 4 is 17.6 Å². The molecular weight excluding hydrogens is 461 g/mol. The molecular formula is C29H26FNO5. The van der Waals surface area contributed by atoms with E-state index >= 15 is 0 Å². The van der Waals surface area contributed by atoms with E-state index in [9.17, 15) is 14.0 Å². The number of anilines is 1. The molecule has 0 spiro atoms. The molecule has 5 rings (SSSR count). The number of hydrogen-bond acceptors (Lipinski definition) is 5. The Balaban J connectivity index is 1.45. The summed E-state index contributed by atoms with van der Waals surface area (Å²) in [7, 11) is 1.51. The van der Waals surface area contributed by atoms with Crippen molar-refractivity contribution in [1.29, 1.82) is 0 Å². The minimum absolute atomic E-state index is 0.0394. The van der Waals surface area contributed by atoms with Gasteiger partial charge in [0.15, 0.2) is 11.5 Å². The number of nitrogens with zero attached hydrogens (tertiary/aromatic N) is 1. The SMILES string of the molecule is CCc1ccc(N2C(=O)CC(c3ccc(OCc4ccccc4F)c(OC)c3)C3=C2COC3=O)cc1. The molecule has 2 aliphatic rings. The van der Waals surface area contributed by atoms with Crippen LogP contribution in [-0.2, 0) is 27.4 Å². The van der Waals surface area contributed by atoms with Crippen LogP contribution in [0.5, 0.6) is 11.5 Å². The molecule has 2 heterocycles. The predicted octanol–water partition coefficient (Wildman–Crippen LogP) is 5.31. The van der Waals surface area contributed by atoms with Gasteiger partial charge in [0, 0.05) is 23.6 Å². The topological polar surface area (TPSA) is 65.1 Å². The Labute approximate surface area is 208 Å². The van der Waals surface area contributed by atoms with E-state index in [2.05, 4.69) is 6.92 Å². The summed E-state index contributed by atoms with van der Waals surface area (Å²) in [4.78, 5) is 27.7. The number of rotatable bonds is 7. The Hall–Kier alpha value is -4.13. The number of methoxy groups -OCH3 is 1. The molecule has 0 aliphatic carbocycles. The summed E-state index contributed by atoms with van der Waals surface area (Å²) in [6.07, 6.45) is 1.01. The van der Waals surface area contributed by atoms with Crippen LogP contribution in [0.2, 0.25) is 0 Å². The molecule has 0 fully saturated rings. The molecule has 0 saturated carbocycles. The summed E-state index contributed by atoms with van der Waals surface area (Å²) in [6.45, 7) is 2.16. The lowest BCUT2D eigenvalue weighted by Gasteiger charge is -2.32. The Morgan fingerprint density at radius 3 is 2.53 bits per heavy atom. The van der Waals surface area contributed by atoms with Crippen molar-refractivity contribution in [3.8, 4) is 11.5 Å². The van der Waals surface area contributed by atoms with Gasteiger partial charge in [-0.15, -0.1) is 0 Å². The van der Waals surface area contributed by atoms with E-state index in [1.54, 1.807) is 41.3 Å². The second-order valence-corrected chi connectivity index (χ2v) is 8.73. The highest BCUT2D eigenvalue weighted by atomic mass is 19.1. The molecule has 1 atom stereocenters. The van der Waals surface area contributed by atoms with E-state index in [4.69, 9.17) is 14.2 Å². The second-order valence-electron chi connectivity index (χ2n) is 8.73. The van der Waals surface area contributed by atoms with E-state index in [1.807, 2.05) is 24.3 Å². The van der Waals surface area contributed by atoms with Crippen molar-refractivity contribution in [2.45, 2.75) is 32.3 Å². The first-order chi connectivity index (χ1) is 17.5. The van der Waals surface area contributed by atoms with Gasteiger partial charge in [-0.25, -0.2) is 9.18 Å². The molecule has 0 aromatic heterocycles. The maximum absolute atomic E-state index is 14.0. The van der Waals surface area contributed by atoms with Crippen molar-refractivity contribution in [1.82, 2.24) is 0 Å². The third-order valence-electron chi connectivity index (χ3n) is 6.65. The van der Waals surface area contributed by atoms with Gasteiger partial charge in [-0.3, -0.25) is 9.69 Å². The number of benzene rings is 3. The highest BCUT2D eigenvalue weighted by Gasteiger charge is 2.43. The summed E-state index contributed by atoms with van der Waals surface area (Å²) >= 11 is 0. The predicted molar refractivity (Wildman–Crippen MR) is 132 cm³/mol. The fourth-order valence-electron chi connectivity index (χ4n) is 4.71. The summed E-state index contributed by atoms with van der Waals surface area (Å²) in [6, 6.07) is 19.5. The molecule has 0 saturated heterocycles. The van der Waals surface area contributed by atoms with E-state index in [0.717, 1.165) is 17.7 Å². The molecule has 2 aliphatic heterocycles. The first kappa shape index (κ1) is 23.6. The fraction of sp³-hybridized carbons (Fsp3) is 0.241. The van der Waals surface area contributed by atoms with E-state index < -0.39 is 11.9 Å². The van der Waals surface area contributed by atoms with Crippen LogP contribution >= 0.6 is 0 Å². The number of aryl methyl sites for hydroxylation is 1. The summed E-state index contributed by atoms with van der Waals surface area (Å²) in [5, 5.41) is 0. The molecule has 36 heavy (non-hydrogen) atoms. The standard InChI is InChI=1S/C29H26FNO5/c1-3-18-8-11-21(12-9-18)31-24-17-36-29(33)28(24)22(15-27(31)32)19-10-13-25(26(14-19)34-2)35-16-20-6-4-5-7-23(20)30/h4-14,22H,3,15-17H2,1-2H3. The third-order valence-corrected chi connectivity index (χ3v) is 6.65. The largest absolute Gasteiger partial charge is 0.493 e. The summed E-state index contributed by atoms with van der Waals surface area (Å²) in [5.74, 6) is -0.475. The van der Waals surface area contributed by atoms with Crippen molar-refractivity contribution in [3.05, 3.63) is 101 Å². The normalized spacial score (nSPS) is 17.2. The zero-order valence-corrected chi connectivity index (χ0v) is 20.1. The fourth-order valence-corrected chi connectivity index (χ4v) is 4.71. The second kappa shape index (κ2) is 9.85. The number of amides is 1.